The van der Waals surface area contributed by atoms with Gasteiger partial charge in [0.05, 0.1) is 17.6 Å². The van der Waals surface area contributed by atoms with Crippen molar-refractivity contribution in [3.05, 3.63) is 66.3 Å². The van der Waals surface area contributed by atoms with Gasteiger partial charge in [-0.25, -0.2) is 23.7 Å². The Balaban J connectivity index is 1.42. The van der Waals surface area contributed by atoms with E-state index in [9.17, 15) is 8.78 Å². The number of aromatic nitrogens is 4. The zero-order valence-electron chi connectivity index (χ0n) is 16.7. The second-order valence-electron chi connectivity index (χ2n) is 7.35. The molecule has 31 heavy (non-hydrogen) atoms. The number of fused-ring (bicyclic) bond motifs is 1. The first kappa shape index (κ1) is 19.4. The predicted molar refractivity (Wildman–Crippen MR) is 116 cm³/mol. The van der Waals surface area contributed by atoms with Crippen molar-refractivity contribution in [1.29, 1.82) is 0 Å². The van der Waals surface area contributed by atoms with Gasteiger partial charge in [0.2, 0.25) is 0 Å². The van der Waals surface area contributed by atoms with Crippen molar-refractivity contribution < 1.29 is 8.78 Å². The van der Waals surface area contributed by atoms with Gasteiger partial charge in [0.1, 0.15) is 23.6 Å². The molecule has 4 aromatic rings. The van der Waals surface area contributed by atoms with Crippen LogP contribution in [0, 0.1) is 11.6 Å². The summed E-state index contributed by atoms with van der Waals surface area (Å²) in [6.45, 7) is 4.22. The lowest BCUT2D eigenvalue weighted by Gasteiger charge is -2.28. The highest BCUT2D eigenvalue weighted by molar-refractivity contribution is 6.00. The van der Waals surface area contributed by atoms with Crippen LogP contribution in [-0.4, -0.2) is 46.1 Å². The van der Waals surface area contributed by atoms with Gasteiger partial charge >= 0.3 is 0 Å². The fraction of sp³-hybridized carbons (Fsp3) is 0.227. The minimum Gasteiger partial charge on any atom is -0.364 e. The van der Waals surface area contributed by atoms with Gasteiger partial charge in [-0.15, -0.1) is 0 Å². The zero-order valence-corrected chi connectivity index (χ0v) is 16.7. The quantitative estimate of drug-likeness (QED) is 0.459. The number of benzene rings is 1. The lowest BCUT2D eigenvalue weighted by molar-refractivity contribution is 0.509. The second-order valence-corrected chi connectivity index (χ2v) is 7.35. The molecule has 158 valence electrons. The van der Waals surface area contributed by atoms with Gasteiger partial charge in [-0.1, -0.05) is 12.1 Å². The molecule has 0 radical (unpaired) electrons. The van der Waals surface area contributed by atoms with Crippen LogP contribution in [0.3, 0.4) is 0 Å². The summed E-state index contributed by atoms with van der Waals surface area (Å²) in [6.07, 6.45) is 3.18. The molecular formula is C22H21F2N7. The third kappa shape index (κ3) is 3.91. The van der Waals surface area contributed by atoms with E-state index in [1.807, 2.05) is 18.2 Å². The van der Waals surface area contributed by atoms with E-state index in [4.69, 9.17) is 4.98 Å². The molecule has 0 spiro atoms. The summed E-state index contributed by atoms with van der Waals surface area (Å²) in [5.41, 5.74) is 2.73. The van der Waals surface area contributed by atoms with E-state index in [2.05, 4.69) is 30.5 Å². The smallest absolute Gasteiger partial charge is 0.159 e. The molecule has 1 aliphatic rings. The van der Waals surface area contributed by atoms with E-state index in [0.29, 0.717) is 34.5 Å². The number of aromatic amines is 1. The molecule has 1 aromatic carbocycles. The normalized spacial score (nSPS) is 14.2. The molecule has 1 aliphatic heterocycles. The first-order chi connectivity index (χ1) is 15.2. The maximum atomic E-state index is 13.8. The van der Waals surface area contributed by atoms with Crippen LogP contribution in [0.15, 0.2) is 48.9 Å². The highest BCUT2D eigenvalue weighted by Gasteiger charge is 2.15. The van der Waals surface area contributed by atoms with Crippen molar-refractivity contribution in [2.24, 2.45) is 0 Å². The van der Waals surface area contributed by atoms with Gasteiger partial charge < -0.3 is 20.5 Å². The van der Waals surface area contributed by atoms with Crippen molar-refractivity contribution >= 4 is 22.7 Å². The summed E-state index contributed by atoms with van der Waals surface area (Å²) >= 11 is 0. The summed E-state index contributed by atoms with van der Waals surface area (Å²) in [7, 11) is 0. The average Bonchev–Trinajstić information content (AvgIpc) is 3.25. The summed E-state index contributed by atoms with van der Waals surface area (Å²) in [5.74, 6) is -0.223. The Morgan fingerprint density at radius 3 is 2.74 bits per heavy atom. The Hall–Kier alpha value is -3.59. The molecule has 5 rings (SSSR count). The highest BCUT2D eigenvalue weighted by atomic mass is 19.2. The third-order valence-electron chi connectivity index (χ3n) is 5.37. The van der Waals surface area contributed by atoms with Crippen LogP contribution in [0.2, 0.25) is 0 Å². The number of halogens is 2. The molecular weight excluding hydrogens is 400 g/mol. The number of pyridine rings is 1. The van der Waals surface area contributed by atoms with Crippen LogP contribution in [0.1, 0.15) is 5.69 Å². The number of rotatable bonds is 5. The van der Waals surface area contributed by atoms with Crippen LogP contribution < -0.4 is 15.5 Å². The standard InChI is InChI=1S/C22H21F2N7/c23-17-5-4-14(10-18(17)24)16-12-27-22-20(16)21(28-13-29-22)26-11-15-2-1-3-19(30-15)31-8-6-25-7-9-31/h1-5,10,12-13,25H,6-9,11H2,(H2,26,27,28,29). The molecule has 0 saturated carbocycles. The number of hydrogen-bond donors (Lipinski definition) is 3. The van der Waals surface area contributed by atoms with E-state index >= 15 is 0 Å². The Morgan fingerprint density at radius 1 is 1.03 bits per heavy atom. The molecule has 7 nitrogen and oxygen atoms in total. The first-order valence-electron chi connectivity index (χ1n) is 10.1. The fourth-order valence-electron chi connectivity index (χ4n) is 3.80. The summed E-state index contributed by atoms with van der Waals surface area (Å²) in [5, 5.41) is 7.38. The molecule has 0 bridgehead atoms. The third-order valence-corrected chi connectivity index (χ3v) is 5.37. The molecule has 0 amide bonds. The van der Waals surface area contributed by atoms with Crippen molar-refractivity contribution in [1.82, 2.24) is 25.3 Å². The zero-order chi connectivity index (χ0) is 21.2. The minimum absolute atomic E-state index is 0.467. The number of anilines is 2. The first-order valence-corrected chi connectivity index (χ1v) is 10.1. The summed E-state index contributed by atoms with van der Waals surface area (Å²) < 4.78 is 27.2. The van der Waals surface area contributed by atoms with E-state index in [-0.39, 0.29) is 0 Å². The molecule has 0 aliphatic carbocycles. The van der Waals surface area contributed by atoms with Crippen molar-refractivity contribution in [2.45, 2.75) is 6.54 Å². The average molecular weight is 421 g/mol. The predicted octanol–water partition coefficient (Wildman–Crippen LogP) is 3.32. The number of hydrogen-bond acceptors (Lipinski definition) is 6. The second kappa shape index (κ2) is 8.27. The SMILES string of the molecule is Fc1ccc(-c2c[nH]c3ncnc(NCc4cccc(N5CCNCC5)n4)c23)cc1F. The summed E-state index contributed by atoms with van der Waals surface area (Å²) in [4.78, 5) is 18.7. The van der Waals surface area contributed by atoms with Gasteiger partial charge in [0, 0.05) is 37.9 Å². The highest BCUT2D eigenvalue weighted by Crippen LogP contribution is 2.32. The Labute approximate surface area is 177 Å². The molecule has 9 heteroatoms. The van der Waals surface area contributed by atoms with Gasteiger partial charge in [0.25, 0.3) is 0 Å². The topological polar surface area (TPSA) is 81.8 Å². The molecule has 3 N–H and O–H groups in total. The van der Waals surface area contributed by atoms with Crippen LogP contribution in [-0.2, 0) is 6.54 Å². The molecule has 1 saturated heterocycles. The van der Waals surface area contributed by atoms with Crippen molar-refractivity contribution in [3.63, 3.8) is 0 Å². The maximum absolute atomic E-state index is 13.8. The maximum Gasteiger partial charge on any atom is 0.159 e. The monoisotopic (exact) mass is 421 g/mol. The van der Waals surface area contributed by atoms with Crippen molar-refractivity contribution in [3.8, 4) is 11.1 Å². The Bertz CT molecular complexity index is 1220. The summed E-state index contributed by atoms with van der Waals surface area (Å²) in [6, 6.07) is 9.81. The van der Waals surface area contributed by atoms with Crippen LogP contribution in [0.25, 0.3) is 22.2 Å². The van der Waals surface area contributed by atoms with Gasteiger partial charge in [-0.3, -0.25) is 0 Å². The van der Waals surface area contributed by atoms with Crippen LogP contribution in [0.4, 0.5) is 20.4 Å². The number of H-pyrrole nitrogens is 1. The Kier molecular flexibility index (Phi) is 5.17. The Morgan fingerprint density at radius 2 is 1.90 bits per heavy atom. The molecule has 0 atom stereocenters. The molecule has 1 fully saturated rings. The van der Waals surface area contributed by atoms with Crippen molar-refractivity contribution in [2.75, 3.05) is 36.4 Å². The van der Waals surface area contributed by atoms with Crippen LogP contribution >= 0.6 is 0 Å². The fourth-order valence-corrected chi connectivity index (χ4v) is 3.80. The number of nitrogens with one attached hydrogen (secondary N) is 3. The number of piperazine rings is 1. The largest absolute Gasteiger partial charge is 0.364 e. The van der Waals surface area contributed by atoms with Gasteiger partial charge in [-0.05, 0) is 29.8 Å². The lowest BCUT2D eigenvalue weighted by Crippen LogP contribution is -2.43. The van der Waals surface area contributed by atoms with E-state index in [1.54, 1.807) is 6.20 Å². The lowest BCUT2D eigenvalue weighted by atomic mass is 10.1. The van der Waals surface area contributed by atoms with E-state index in [1.165, 1.54) is 18.5 Å². The van der Waals surface area contributed by atoms with E-state index < -0.39 is 11.6 Å². The number of nitrogens with zero attached hydrogens (tertiary/aromatic N) is 4. The van der Waals surface area contributed by atoms with E-state index in [0.717, 1.165) is 43.8 Å². The van der Waals surface area contributed by atoms with Crippen LogP contribution in [0.5, 0.6) is 0 Å². The molecule has 3 aromatic heterocycles. The molecule has 4 heterocycles. The van der Waals surface area contributed by atoms with Gasteiger partial charge in [0.15, 0.2) is 11.6 Å². The molecule has 0 unspecified atom stereocenters. The van der Waals surface area contributed by atoms with Gasteiger partial charge in [-0.2, -0.15) is 0 Å². The minimum atomic E-state index is -0.896.